The number of Topliss-reactive ketones (excluding diaryl/α,β-unsaturated/α-hetero) is 2. The Morgan fingerprint density at radius 2 is 1.80 bits per heavy atom. The average molecular weight is 444 g/mol. The lowest BCUT2D eigenvalue weighted by Gasteiger charge is -2.12. The molecule has 0 saturated carbocycles. The van der Waals surface area contributed by atoms with Crippen LogP contribution in [0.2, 0.25) is 0 Å². The SMILES string of the molecule is C#CCOc1c(I)cc(C=C2C(=O)c3ccccc3C2=O)cc1OC. The lowest BCUT2D eigenvalue weighted by Crippen LogP contribution is -2.02. The number of benzene rings is 2. The van der Waals surface area contributed by atoms with Crippen LogP contribution in [-0.2, 0) is 0 Å². The summed E-state index contributed by atoms with van der Waals surface area (Å²) in [6.07, 6.45) is 6.81. The molecule has 0 radical (unpaired) electrons. The summed E-state index contributed by atoms with van der Waals surface area (Å²) in [5.41, 5.74) is 1.71. The minimum atomic E-state index is -0.262. The lowest BCUT2D eigenvalue weighted by molar-refractivity contribution is 0.0990. The Hall–Kier alpha value is -2.59. The Balaban J connectivity index is 2.03. The first-order valence-electron chi connectivity index (χ1n) is 7.40. The largest absolute Gasteiger partial charge is 0.493 e. The molecule has 0 aromatic heterocycles. The second-order valence-electron chi connectivity index (χ2n) is 5.29. The summed E-state index contributed by atoms with van der Waals surface area (Å²) < 4.78 is 11.6. The fourth-order valence-electron chi connectivity index (χ4n) is 2.65. The van der Waals surface area contributed by atoms with Gasteiger partial charge < -0.3 is 9.47 Å². The summed E-state index contributed by atoms with van der Waals surface area (Å²) in [7, 11) is 1.52. The summed E-state index contributed by atoms with van der Waals surface area (Å²) >= 11 is 2.10. The van der Waals surface area contributed by atoms with Crippen molar-refractivity contribution in [3.05, 3.63) is 62.2 Å². The molecule has 3 rings (SSSR count). The quantitative estimate of drug-likeness (QED) is 0.312. The molecule has 0 fully saturated rings. The Morgan fingerprint density at radius 1 is 1.16 bits per heavy atom. The van der Waals surface area contributed by atoms with Crippen molar-refractivity contribution in [2.45, 2.75) is 0 Å². The predicted octanol–water partition coefficient (Wildman–Crippen LogP) is 3.77. The number of allylic oxidation sites excluding steroid dienone is 1. The zero-order valence-corrected chi connectivity index (χ0v) is 15.5. The number of fused-ring (bicyclic) bond motifs is 1. The minimum absolute atomic E-state index is 0.124. The molecule has 0 unspecified atom stereocenters. The van der Waals surface area contributed by atoms with E-state index in [4.69, 9.17) is 15.9 Å². The smallest absolute Gasteiger partial charge is 0.197 e. The van der Waals surface area contributed by atoms with Crippen LogP contribution < -0.4 is 9.47 Å². The second-order valence-corrected chi connectivity index (χ2v) is 6.45. The number of hydrogen-bond acceptors (Lipinski definition) is 4. The van der Waals surface area contributed by atoms with Gasteiger partial charge in [0.15, 0.2) is 23.1 Å². The Morgan fingerprint density at radius 3 is 2.36 bits per heavy atom. The molecule has 5 heteroatoms. The van der Waals surface area contributed by atoms with E-state index in [0.29, 0.717) is 28.2 Å². The zero-order valence-electron chi connectivity index (χ0n) is 13.3. The molecule has 0 spiro atoms. The number of terminal acetylenes is 1. The molecule has 1 aliphatic carbocycles. The third-order valence-corrected chi connectivity index (χ3v) is 4.57. The number of methoxy groups -OCH3 is 1. The highest BCUT2D eigenvalue weighted by Crippen LogP contribution is 2.35. The van der Waals surface area contributed by atoms with Crippen LogP contribution in [0.4, 0.5) is 0 Å². The van der Waals surface area contributed by atoms with Gasteiger partial charge in [-0.3, -0.25) is 9.59 Å². The van der Waals surface area contributed by atoms with Gasteiger partial charge in [0.05, 0.1) is 16.3 Å². The van der Waals surface area contributed by atoms with Crippen LogP contribution in [0.3, 0.4) is 0 Å². The Kier molecular flexibility index (Phi) is 4.91. The van der Waals surface area contributed by atoms with E-state index in [0.717, 1.165) is 3.57 Å². The summed E-state index contributed by atoms with van der Waals surface area (Å²) in [6.45, 7) is 0.124. The van der Waals surface area contributed by atoms with Gasteiger partial charge in [0.2, 0.25) is 0 Å². The molecule has 0 aliphatic heterocycles. The van der Waals surface area contributed by atoms with E-state index in [1.54, 1.807) is 36.4 Å². The van der Waals surface area contributed by atoms with Crippen LogP contribution >= 0.6 is 22.6 Å². The Labute approximate surface area is 159 Å². The minimum Gasteiger partial charge on any atom is -0.493 e. The number of rotatable bonds is 4. The monoisotopic (exact) mass is 444 g/mol. The number of carbonyl (C=O) groups is 2. The van der Waals surface area contributed by atoms with Gasteiger partial charge in [-0.05, 0) is 46.4 Å². The zero-order chi connectivity index (χ0) is 18.0. The van der Waals surface area contributed by atoms with Crippen molar-refractivity contribution in [1.82, 2.24) is 0 Å². The van der Waals surface area contributed by atoms with Crippen molar-refractivity contribution >= 4 is 40.2 Å². The highest BCUT2D eigenvalue weighted by molar-refractivity contribution is 14.1. The molecule has 2 aromatic carbocycles. The normalized spacial score (nSPS) is 12.6. The van der Waals surface area contributed by atoms with Gasteiger partial charge >= 0.3 is 0 Å². The predicted molar refractivity (Wildman–Crippen MR) is 103 cm³/mol. The molecule has 4 nitrogen and oxygen atoms in total. The fraction of sp³-hybridized carbons (Fsp3) is 0.100. The van der Waals surface area contributed by atoms with Crippen LogP contribution in [0, 0.1) is 15.9 Å². The first-order valence-corrected chi connectivity index (χ1v) is 8.48. The molecule has 0 heterocycles. The highest BCUT2D eigenvalue weighted by Gasteiger charge is 2.32. The van der Waals surface area contributed by atoms with E-state index in [9.17, 15) is 9.59 Å². The van der Waals surface area contributed by atoms with Crippen LogP contribution in [0.15, 0.2) is 42.0 Å². The molecule has 0 saturated heterocycles. The van der Waals surface area contributed by atoms with E-state index in [-0.39, 0.29) is 23.7 Å². The third kappa shape index (κ3) is 3.17. The van der Waals surface area contributed by atoms with E-state index in [2.05, 4.69) is 28.5 Å². The van der Waals surface area contributed by atoms with Gasteiger partial charge in [0.1, 0.15) is 6.61 Å². The van der Waals surface area contributed by atoms with Crippen molar-refractivity contribution in [3.8, 4) is 23.8 Å². The van der Waals surface area contributed by atoms with E-state index < -0.39 is 0 Å². The van der Waals surface area contributed by atoms with Crippen LogP contribution in [0.25, 0.3) is 6.08 Å². The summed E-state index contributed by atoms with van der Waals surface area (Å²) in [4.78, 5) is 25.0. The van der Waals surface area contributed by atoms with Crippen molar-refractivity contribution in [1.29, 1.82) is 0 Å². The molecule has 0 atom stereocenters. The molecule has 1 aliphatic rings. The second kappa shape index (κ2) is 7.11. The van der Waals surface area contributed by atoms with E-state index >= 15 is 0 Å². The van der Waals surface area contributed by atoms with Crippen molar-refractivity contribution < 1.29 is 19.1 Å². The van der Waals surface area contributed by atoms with Crippen LogP contribution in [0.1, 0.15) is 26.3 Å². The molecular formula is C20H13IO4. The van der Waals surface area contributed by atoms with Crippen molar-refractivity contribution in [2.24, 2.45) is 0 Å². The fourth-order valence-corrected chi connectivity index (χ4v) is 3.43. The molecule has 124 valence electrons. The number of halogens is 1. The number of ketones is 2. The number of ether oxygens (including phenoxy) is 2. The number of carbonyl (C=O) groups excluding carboxylic acids is 2. The summed E-state index contributed by atoms with van der Waals surface area (Å²) in [5.74, 6) is 2.91. The van der Waals surface area contributed by atoms with Crippen molar-refractivity contribution in [3.63, 3.8) is 0 Å². The molecule has 0 N–H and O–H groups in total. The van der Waals surface area contributed by atoms with Gasteiger partial charge in [0, 0.05) is 11.1 Å². The van der Waals surface area contributed by atoms with Gasteiger partial charge in [-0.1, -0.05) is 30.2 Å². The molecule has 0 bridgehead atoms. The maximum absolute atomic E-state index is 12.5. The third-order valence-electron chi connectivity index (χ3n) is 3.77. The first kappa shape index (κ1) is 17.2. The topological polar surface area (TPSA) is 52.6 Å². The standard InChI is InChI=1S/C20H13IO4/c1-3-8-25-20-16(21)10-12(11-17(20)24-2)9-15-18(22)13-6-4-5-7-14(13)19(15)23/h1,4-7,9-11H,8H2,2H3. The molecule has 2 aromatic rings. The average Bonchev–Trinajstić information content (AvgIpc) is 2.86. The highest BCUT2D eigenvalue weighted by atomic mass is 127. The van der Waals surface area contributed by atoms with E-state index in [1.807, 2.05) is 6.07 Å². The van der Waals surface area contributed by atoms with Crippen LogP contribution in [0.5, 0.6) is 11.5 Å². The van der Waals surface area contributed by atoms with Gasteiger partial charge in [-0.15, -0.1) is 6.42 Å². The molecule has 25 heavy (non-hydrogen) atoms. The molecule has 0 amide bonds. The summed E-state index contributed by atoms with van der Waals surface area (Å²) in [6, 6.07) is 10.3. The molecular weight excluding hydrogens is 431 g/mol. The lowest BCUT2D eigenvalue weighted by atomic mass is 10.1. The maximum Gasteiger partial charge on any atom is 0.197 e. The summed E-state index contributed by atoms with van der Waals surface area (Å²) in [5, 5.41) is 0. The maximum atomic E-state index is 12.5. The number of hydrogen-bond donors (Lipinski definition) is 0. The van der Waals surface area contributed by atoms with Gasteiger partial charge in [-0.2, -0.15) is 0 Å². The van der Waals surface area contributed by atoms with Crippen molar-refractivity contribution in [2.75, 3.05) is 13.7 Å². The van der Waals surface area contributed by atoms with Gasteiger partial charge in [-0.25, -0.2) is 0 Å². The van der Waals surface area contributed by atoms with Gasteiger partial charge in [0.25, 0.3) is 0 Å². The van der Waals surface area contributed by atoms with Crippen LogP contribution in [-0.4, -0.2) is 25.3 Å². The first-order chi connectivity index (χ1) is 12.1. The van der Waals surface area contributed by atoms with E-state index in [1.165, 1.54) is 7.11 Å². The Bertz CT molecular complexity index is 914.